The monoisotopic (exact) mass is 366 g/mol. The van der Waals surface area contributed by atoms with Crippen molar-refractivity contribution in [2.45, 2.75) is 18.9 Å². The van der Waals surface area contributed by atoms with E-state index in [0.717, 1.165) is 29.5 Å². The van der Waals surface area contributed by atoms with Gasteiger partial charge in [-0.1, -0.05) is 29.8 Å². The van der Waals surface area contributed by atoms with Crippen molar-refractivity contribution in [1.82, 2.24) is 9.88 Å². The zero-order chi connectivity index (χ0) is 17.9. The minimum absolute atomic E-state index is 0.0354. The Morgan fingerprint density at radius 1 is 1.08 bits per heavy atom. The van der Waals surface area contributed by atoms with Gasteiger partial charge in [0, 0.05) is 42.5 Å². The first-order chi connectivity index (χ1) is 12.7. The summed E-state index contributed by atoms with van der Waals surface area (Å²) in [6.07, 6.45) is 3.42. The number of halogens is 1. The maximum atomic E-state index is 12.8. The van der Waals surface area contributed by atoms with E-state index in [0.29, 0.717) is 23.7 Å². The number of nitrogens with zero attached hydrogens (tertiary/aromatic N) is 2. The molecule has 0 saturated carbocycles. The second-order valence-corrected chi connectivity index (χ2v) is 6.92. The molecule has 132 valence electrons. The van der Waals surface area contributed by atoms with E-state index in [1.165, 1.54) is 0 Å². The van der Waals surface area contributed by atoms with Gasteiger partial charge in [-0.05, 0) is 36.4 Å². The van der Waals surface area contributed by atoms with Crippen molar-refractivity contribution >= 4 is 28.4 Å². The summed E-state index contributed by atoms with van der Waals surface area (Å²) in [4.78, 5) is 19.1. The zero-order valence-electron chi connectivity index (χ0n) is 14.3. The van der Waals surface area contributed by atoms with Gasteiger partial charge in [-0.25, -0.2) is 0 Å². The lowest BCUT2D eigenvalue weighted by Crippen LogP contribution is -2.41. The standard InChI is InChI=1S/C21H19ClN2O2/c22-17-5-7-18(8-6-17)26-19-9-11-24(12-10-19)21(25)16-13-15-3-1-2-4-20(15)23-14-16/h1-8,13-14,19H,9-12H2. The molecule has 3 aromatic rings. The van der Waals surface area contributed by atoms with Gasteiger partial charge in [0.05, 0.1) is 11.1 Å². The number of carbonyl (C=O) groups is 1. The topological polar surface area (TPSA) is 42.4 Å². The predicted octanol–water partition coefficient (Wildman–Crippen LogP) is 4.57. The molecule has 1 aromatic heterocycles. The molecule has 0 atom stereocenters. The van der Waals surface area contributed by atoms with E-state index in [4.69, 9.17) is 16.3 Å². The number of hydrogen-bond acceptors (Lipinski definition) is 3. The molecule has 1 saturated heterocycles. The van der Waals surface area contributed by atoms with Crippen molar-refractivity contribution in [3.63, 3.8) is 0 Å². The van der Waals surface area contributed by atoms with Crippen LogP contribution < -0.4 is 4.74 Å². The molecule has 1 aliphatic heterocycles. The second kappa shape index (κ2) is 7.34. The average Bonchev–Trinajstić information content (AvgIpc) is 2.69. The molecule has 4 rings (SSSR count). The number of likely N-dealkylation sites (tertiary alicyclic amines) is 1. The van der Waals surface area contributed by atoms with E-state index in [2.05, 4.69) is 4.98 Å². The third-order valence-electron chi connectivity index (χ3n) is 4.68. The lowest BCUT2D eigenvalue weighted by atomic mass is 10.1. The van der Waals surface area contributed by atoms with Crippen LogP contribution in [0.3, 0.4) is 0 Å². The molecule has 0 unspecified atom stereocenters. The number of hydrogen-bond donors (Lipinski definition) is 0. The Morgan fingerprint density at radius 2 is 1.81 bits per heavy atom. The SMILES string of the molecule is O=C(c1cnc2ccccc2c1)N1CCC(Oc2ccc(Cl)cc2)CC1. The molecule has 2 heterocycles. The molecule has 1 fully saturated rings. The summed E-state index contributed by atoms with van der Waals surface area (Å²) in [6, 6.07) is 17.1. The van der Waals surface area contributed by atoms with Crippen LogP contribution in [0, 0.1) is 0 Å². The van der Waals surface area contributed by atoms with Gasteiger partial charge in [-0.2, -0.15) is 0 Å². The van der Waals surface area contributed by atoms with Crippen LogP contribution in [0.5, 0.6) is 5.75 Å². The lowest BCUT2D eigenvalue weighted by molar-refractivity contribution is 0.0595. The summed E-state index contributed by atoms with van der Waals surface area (Å²) in [5, 5.41) is 1.68. The largest absolute Gasteiger partial charge is 0.490 e. The van der Waals surface area contributed by atoms with Crippen LogP contribution >= 0.6 is 11.6 Å². The summed E-state index contributed by atoms with van der Waals surface area (Å²) >= 11 is 5.90. The van der Waals surface area contributed by atoms with Crippen LogP contribution in [0.1, 0.15) is 23.2 Å². The molecule has 1 aliphatic rings. The molecule has 0 aliphatic carbocycles. The molecular formula is C21H19ClN2O2. The highest BCUT2D eigenvalue weighted by Gasteiger charge is 2.25. The Labute approximate surface area is 157 Å². The highest BCUT2D eigenvalue weighted by atomic mass is 35.5. The molecule has 0 bridgehead atoms. The fraction of sp³-hybridized carbons (Fsp3) is 0.238. The van der Waals surface area contributed by atoms with Crippen molar-refractivity contribution < 1.29 is 9.53 Å². The maximum absolute atomic E-state index is 12.8. The van der Waals surface area contributed by atoms with Gasteiger partial charge in [-0.3, -0.25) is 9.78 Å². The quantitative estimate of drug-likeness (QED) is 0.681. The molecule has 5 heteroatoms. The molecule has 0 N–H and O–H groups in total. The highest BCUT2D eigenvalue weighted by Crippen LogP contribution is 2.22. The molecule has 4 nitrogen and oxygen atoms in total. The Hall–Kier alpha value is -2.59. The first-order valence-electron chi connectivity index (χ1n) is 8.75. The summed E-state index contributed by atoms with van der Waals surface area (Å²) in [5.41, 5.74) is 1.54. The zero-order valence-corrected chi connectivity index (χ0v) is 15.0. The number of para-hydroxylation sites is 1. The fourth-order valence-corrected chi connectivity index (χ4v) is 3.38. The maximum Gasteiger partial charge on any atom is 0.255 e. The number of ether oxygens (including phenoxy) is 1. The van der Waals surface area contributed by atoms with Crippen LogP contribution in [-0.2, 0) is 0 Å². The van der Waals surface area contributed by atoms with Crippen molar-refractivity contribution in [2.24, 2.45) is 0 Å². The van der Waals surface area contributed by atoms with Gasteiger partial charge >= 0.3 is 0 Å². The minimum Gasteiger partial charge on any atom is -0.490 e. The minimum atomic E-state index is 0.0354. The van der Waals surface area contributed by atoms with E-state index in [1.54, 1.807) is 6.20 Å². The summed E-state index contributed by atoms with van der Waals surface area (Å²) < 4.78 is 5.99. The summed E-state index contributed by atoms with van der Waals surface area (Å²) in [6.45, 7) is 1.37. The fourth-order valence-electron chi connectivity index (χ4n) is 3.25. The van der Waals surface area contributed by atoms with Gasteiger partial charge in [0.25, 0.3) is 5.91 Å². The average molecular weight is 367 g/mol. The van der Waals surface area contributed by atoms with Crippen molar-refractivity contribution in [3.8, 4) is 5.75 Å². The third-order valence-corrected chi connectivity index (χ3v) is 4.93. The molecule has 0 spiro atoms. The molecular weight excluding hydrogens is 348 g/mol. The van der Waals surface area contributed by atoms with Crippen LogP contribution in [0.2, 0.25) is 5.02 Å². The van der Waals surface area contributed by atoms with Gasteiger partial charge in [0.2, 0.25) is 0 Å². The predicted molar refractivity (Wildman–Crippen MR) is 103 cm³/mol. The second-order valence-electron chi connectivity index (χ2n) is 6.48. The van der Waals surface area contributed by atoms with Gasteiger partial charge < -0.3 is 9.64 Å². The Balaban J connectivity index is 1.38. The number of fused-ring (bicyclic) bond motifs is 1. The molecule has 26 heavy (non-hydrogen) atoms. The first kappa shape index (κ1) is 16.9. The third kappa shape index (κ3) is 3.65. The van der Waals surface area contributed by atoms with E-state index in [1.807, 2.05) is 59.5 Å². The first-order valence-corrected chi connectivity index (χ1v) is 9.13. The Morgan fingerprint density at radius 3 is 2.58 bits per heavy atom. The van der Waals surface area contributed by atoms with Crippen LogP contribution in [0.15, 0.2) is 60.8 Å². The van der Waals surface area contributed by atoms with E-state index >= 15 is 0 Å². The van der Waals surface area contributed by atoms with Crippen molar-refractivity contribution in [3.05, 3.63) is 71.4 Å². The van der Waals surface area contributed by atoms with Crippen molar-refractivity contribution in [2.75, 3.05) is 13.1 Å². The van der Waals surface area contributed by atoms with Crippen LogP contribution in [-0.4, -0.2) is 35.0 Å². The van der Waals surface area contributed by atoms with Gasteiger partial charge in [0.1, 0.15) is 11.9 Å². The van der Waals surface area contributed by atoms with E-state index in [-0.39, 0.29) is 12.0 Å². The molecule has 2 aromatic carbocycles. The van der Waals surface area contributed by atoms with Gasteiger partial charge in [-0.15, -0.1) is 0 Å². The number of piperidine rings is 1. The van der Waals surface area contributed by atoms with E-state index in [9.17, 15) is 4.79 Å². The smallest absolute Gasteiger partial charge is 0.255 e. The molecule has 0 radical (unpaired) electrons. The number of aromatic nitrogens is 1. The summed E-state index contributed by atoms with van der Waals surface area (Å²) in [5.74, 6) is 0.853. The van der Waals surface area contributed by atoms with Gasteiger partial charge in [0.15, 0.2) is 0 Å². The van der Waals surface area contributed by atoms with Crippen LogP contribution in [0.4, 0.5) is 0 Å². The number of pyridine rings is 1. The Kier molecular flexibility index (Phi) is 4.76. The van der Waals surface area contributed by atoms with Crippen LogP contribution in [0.25, 0.3) is 10.9 Å². The number of carbonyl (C=O) groups excluding carboxylic acids is 1. The Bertz CT molecular complexity index is 919. The number of amides is 1. The van der Waals surface area contributed by atoms with Crippen molar-refractivity contribution in [1.29, 1.82) is 0 Å². The lowest BCUT2D eigenvalue weighted by Gasteiger charge is -2.32. The van der Waals surface area contributed by atoms with E-state index < -0.39 is 0 Å². The summed E-state index contributed by atoms with van der Waals surface area (Å²) in [7, 11) is 0. The molecule has 1 amide bonds. The highest BCUT2D eigenvalue weighted by molar-refractivity contribution is 6.30. The number of rotatable bonds is 3. The number of benzene rings is 2. The normalized spacial score (nSPS) is 15.2.